The molecule has 2 aromatic rings. The quantitative estimate of drug-likeness (QED) is 0.800. The second-order valence-corrected chi connectivity index (χ2v) is 6.21. The molecule has 2 aromatic heterocycles. The molecule has 0 radical (unpaired) electrons. The van der Waals surface area contributed by atoms with Gasteiger partial charge in [0.15, 0.2) is 0 Å². The molecule has 0 aliphatic carbocycles. The first-order valence-corrected chi connectivity index (χ1v) is 8.51. The minimum atomic E-state index is -0.332. The number of furan rings is 2. The molecule has 1 atom stereocenters. The van der Waals surface area contributed by atoms with Crippen LogP contribution in [0, 0.1) is 6.92 Å². The maximum atomic E-state index is 12.1. The van der Waals surface area contributed by atoms with Crippen molar-refractivity contribution in [3.05, 3.63) is 47.8 Å². The molecule has 7 heteroatoms. The van der Waals surface area contributed by atoms with Gasteiger partial charge in [-0.25, -0.2) is 0 Å². The first-order valence-electron chi connectivity index (χ1n) is 8.51. The number of carbonyl (C=O) groups is 2. The molecule has 3 rings (SSSR count). The van der Waals surface area contributed by atoms with Gasteiger partial charge in [0.25, 0.3) is 5.91 Å². The molecule has 1 unspecified atom stereocenters. The molecule has 1 saturated heterocycles. The van der Waals surface area contributed by atoms with Gasteiger partial charge in [0.2, 0.25) is 5.91 Å². The van der Waals surface area contributed by atoms with Crippen molar-refractivity contribution in [2.24, 2.45) is 0 Å². The number of hydrogen-bond donors (Lipinski definition) is 2. The summed E-state index contributed by atoms with van der Waals surface area (Å²) >= 11 is 0. The maximum absolute atomic E-state index is 12.1. The fraction of sp³-hybridized carbons (Fsp3) is 0.444. The highest BCUT2D eigenvalue weighted by Gasteiger charge is 2.26. The summed E-state index contributed by atoms with van der Waals surface area (Å²) in [7, 11) is 0. The largest absolute Gasteiger partial charge is 0.472 e. The highest BCUT2D eigenvalue weighted by Crippen LogP contribution is 2.26. The van der Waals surface area contributed by atoms with Gasteiger partial charge in [0.05, 0.1) is 24.4 Å². The lowest BCUT2D eigenvalue weighted by atomic mass is 10.2. The van der Waals surface area contributed by atoms with Crippen LogP contribution < -0.4 is 10.6 Å². The smallest absolute Gasteiger partial charge is 0.254 e. The van der Waals surface area contributed by atoms with Gasteiger partial charge >= 0.3 is 0 Å². The fourth-order valence-corrected chi connectivity index (χ4v) is 3.02. The summed E-state index contributed by atoms with van der Waals surface area (Å²) in [4.78, 5) is 26.2. The van der Waals surface area contributed by atoms with Crippen LogP contribution in [0.5, 0.6) is 0 Å². The van der Waals surface area contributed by atoms with Crippen molar-refractivity contribution >= 4 is 11.8 Å². The molecule has 1 aliphatic heterocycles. The number of amides is 2. The number of nitrogens with one attached hydrogen (secondary N) is 2. The van der Waals surface area contributed by atoms with Crippen LogP contribution in [0.4, 0.5) is 0 Å². The predicted octanol–water partition coefficient (Wildman–Crippen LogP) is 1.86. The monoisotopic (exact) mass is 345 g/mol. The number of rotatable bonds is 7. The standard InChI is InChI=1S/C18H23N3O4/c1-13-4-5-16(25-13)15(21-7-2-3-8-21)10-19-17(22)11-20-18(23)14-6-9-24-12-14/h4-6,9,12,15H,2-3,7-8,10-11H2,1H3,(H,19,22)(H,20,23). The molecule has 2 N–H and O–H groups in total. The normalized spacial score (nSPS) is 15.9. The van der Waals surface area contributed by atoms with Gasteiger partial charge in [-0.15, -0.1) is 0 Å². The fourth-order valence-electron chi connectivity index (χ4n) is 3.02. The number of carbonyl (C=O) groups excluding carboxylic acids is 2. The Kier molecular flexibility index (Phi) is 5.55. The van der Waals surface area contributed by atoms with Crippen LogP contribution in [-0.2, 0) is 4.79 Å². The molecule has 3 heterocycles. The minimum absolute atomic E-state index is 0.0183. The topological polar surface area (TPSA) is 87.7 Å². The minimum Gasteiger partial charge on any atom is -0.472 e. The summed E-state index contributed by atoms with van der Waals surface area (Å²) < 4.78 is 10.6. The van der Waals surface area contributed by atoms with E-state index in [1.165, 1.54) is 12.5 Å². The van der Waals surface area contributed by atoms with Crippen molar-refractivity contribution in [1.29, 1.82) is 0 Å². The van der Waals surface area contributed by atoms with E-state index in [0.29, 0.717) is 12.1 Å². The van der Waals surface area contributed by atoms with Crippen molar-refractivity contribution in [2.75, 3.05) is 26.2 Å². The maximum Gasteiger partial charge on any atom is 0.254 e. The van der Waals surface area contributed by atoms with E-state index in [4.69, 9.17) is 8.83 Å². The number of hydrogen-bond acceptors (Lipinski definition) is 5. The van der Waals surface area contributed by atoms with Crippen LogP contribution in [0.1, 0.15) is 40.8 Å². The van der Waals surface area contributed by atoms with E-state index < -0.39 is 0 Å². The van der Waals surface area contributed by atoms with Crippen LogP contribution in [0.3, 0.4) is 0 Å². The average Bonchev–Trinajstić information content (AvgIpc) is 3.35. The first-order chi connectivity index (χ1) is 12.1. The summed E-state index contributed by atoms with van der Waals surface area (Å²) in [5, 5.41) is 5.46. The lowest BCUT2D eigenvalue weighted by Gasteiger charge is -2.26. The van der Waals surface area contributed by atoms with Crippen molar-refractivity contribution in [3.8, 4) is 0 Å². The van der Waals surface area contributed by atoms with Gasteiger partial charge < -0.3 is 19.5 Å². The molecule has 0 bridgehead atoms. The Morgan fingerprint density at radius 2 is 2.00 bits per heavy atom. The molecular weight excluding hydrogens is 322 g/mol. The molecule has 25 heavy (non-hydrogen) atoms. The zero-order chi connectivity index (χ0) is 17.6. The Hall–Kier alpha value is -2.54. The predicted molar refractivity (Wildman–Crippen MR) is 91.0 cm³/mol. The Morgan fingerprint density at radius 1 is 1.20 bits per heavy atom. The third-order valence-corrected chi connectivity index (χ3v) is 4.36. The first kappa shape index (κ1) is 17.3. The lowest BCUT2D eigenvalue weighted by molar-refractivity contribution is -0.120. The van der Waals surface area contributed by atoms with E-state index in [1.807, 2.05) is 19.1 Å². The summed E-state index contributed by atoms with van der Waals surface area (Å²) in [6.07, 6.45) is 5.08. The molecule has 1 fully saturated rings. The molecule has 0 aromatic carbocycles. The van der Waals surface area contributed by atoms with E-state index >= 15 is 0 Å². The van der Waals surface area contributed by atoms with E-state index in [2.05, 4.69) is 15.5 Å². The van der Waals surface area contributed by atoms with E-state index in [9.17, 15) is 9.59 Å². The van der Waals surface area contributed by atoms with Crippen molar-refractivity contribution in [2.45, 2.75) is 25.8 Å². The Morgan fingerprint density at radius 3 is 2.64 bits per heavy atom. The molecular formula is C18H23N3O4. The average molecular weight is 345 g/mol. The van der Waals surface area contributed by atoms with Gasteiger partial charge in [-0.05, 0) is 51.1 Å². The van der Waals surface area contributed by atoms with Gasteiger partial charge in [0.1, 0.15) is 17.8 Å². The molecule has 0 saturated carbocycles. The van der Waals surface area contributed by atoms with Gasteiger partial charge in [-0.2, -0.15) is 0 Å². The second-order valence-electron chi connectivity index (χ2n) is 6.21. The van der Waals surface area contributed by atoms with Gasteiger partial charge in [-0.3, -0.25) is 14.5 Å². The number of nitrogens with zero attached hydrogens (tertiary/aromatic N) is 1. The van der Waals surface area contributed by atoms with E-state index in [1.54, 1.807) is 6.07 Å². The van der Waals surface area contributed by atoms with Crippen molar-refractivity contribution in [3.63, 3.8) is 0 Å². The Labute approximate surface area is 146 Å². The van der Waals surface area contributed by atoms with E-state index in [-0.39, 0.29) is 24.4 Å². The molecule has 0 spiro atoms. The van der Waals surface area contributed by atoms with Crippen molar-refractivity contribution in [1.82, 2.24) is 15.5 Å². The molecule has 2 amide bonds. The molecule has 7 nitrogen and oxygen atoms in total. The van der Waals surface area contributed by atoms with Crippen LogP contribution in [0.2, 0.25) is 0 Å². The summed E-state index contributed by atoms with van der Waals surface area (Å²) in [6, 6.07) is 5.47. The van der Waals surface area contributed by atoms with Crippen molar-refractivity contribution < 1.29 is 18.4 Å². The zero-order valence-corrected chi connectivity index (χ0v) is 14.3. The van der Waals surface area contributed by atoms with Crippen LogP contribution in [0.25, 0.3) is 0 Å². The second kappa shape index (κ2) is 8.02. The highest BCUT2D eigenvalue weighted by molar-refractivity contribution is 5.96. The van der Waals surface area contributed by atoms with Gasteiger partial charge in [-0.1, -0.05) is 0 Å². The third kappa shape index (κ3) is 4.51. The molecule has 1 aliphatic rings. The van der Waals surface area contributed by atoms with Gasteiger partial charge in [0, 0.05) is 6.54 Å². The Bertz CT molecular complexity index is 702. The third-order valence-electron chi connectivity index (χ3n) is 4.36. The van der Waals surface area contributed by atoms with Crippen LogP contribution in [0.15, 0.2) is 39.6 Å². The molecule has 134 valence electrons. The van der Waals surface area contributed by atoms with Crippen LogP contribution in [-0.4, -0.2) is 42.9 Å². The Balaban J connectivity index is 1.51. The summed E-state index contributed by atoms with van der Waals surface area (Å²) in [5.74, 6) is 1.16. The van der Waals surface area contributed by atoms with Crippen LogP contribution >= 0.6 is 0 Å². The summed E-state index contributed by atoms with van der Waals surface area (Å²) in [6.45, 7) is 4.28. The highest BCUT2D eigenvalue weighted by atomic mass is 16.3. The van der Waals surface area contributed by atoms with E-state index in [0.717, 1.165) is 37.5 Å². The summed E-state index contributed by atoms with van der Waals surface area (Å²) in [5.41, 5.74) is 0.397. The lowest BCUT2D eigenvalue weighted by Crippen LogP contribution is -2.41. The number of likely N-dealkylation sites (tertiary alicyclic amines) is 1. The number of aryl methyl sites for hydroxylation is 1. The zero-order valence-electron chi connectivity index (χ0n) is 14.3. The SMILES string of the molecule is Cc1ccc(C(CNC(=O)CNC(=O)c2ccoc2)N2CCCC2)o1.